The summed E-state index contributed by atoms with van der Waals surface area (Å²) in [5.74, 6) is -0.211. The number of allylic oxidation sites excluding steroid dienone is 1. The average Bonchev–Trinajstić information content (AvgIpc) is 2.18. The maximum absolute atomic E-state index is 9.82. The summed E-state index contributed by atoms with van der Waals surface area (Å²) in [6, 6.07) is 5.72. The van der Waals surface area contributed by atoms with Gasteiger partial charge in [-0.2, -0.15) is 0 Å². The Balaban J connectivity index is 0.000000215. The smallest absolute Gasteiger partial charge is 0.302 e. The molecule has 1 aromatic heterocycles. The van der Waals surface area contributed by atoms with Crippen molar-refractivity contribution in [1.82, 2.24) is 4.98 Å². The van der Waals surface area contributed by atoms with Crippen LogP contribution in [0.4, 0.5) is 0 Å². The van der Waals surface area contributed by atoms with E-state index in [1.165, 1.54) is 6.92 Å². The van der Waals surface area contributed by atoms with Crippen LogP contribution in [0, 0.1) is 0 Å². The van der Waals surface area contributed by atoms with Gasteiger partial charge in [-0.05, 0) is 25.1 Å². The highest BCUT2D eigenvalue weighted by Gasteiger charge is 1.81. The van der Waals surface area contributed by atoms with Crippen LogP contribution in [0.2, 0.25) is 0 Å². The average molecular weight is 220 g/mol. The summed E-state index contributed by atoms with van der Waals surface area (Å²) in [5.41, 5.74) is 0. The third-order valence-electron chi connectivity index (χ3n) is 1.26. The molecule has 0 fully saturated rings. The third-order valence-corrected chi connectivity index (χ3v) is 1.26. The number of ether oxygens (including phenoxy) is 1. The molecule has 0 aromatic carbocycles. The molecule has 0 saturated heterocycles. The van der Waals surface area contributed by atoms with Gasteiger partial charge in [0.2, 0.25) is 0 Å². The van der Waals surface area contributed by atoms with Gasteiger partial charge in [0.15, 0.2) is 0 Å². The second-order valence-corrected chi connectivity index (χ2v) is 2.59. The summed E-state index contributed by atoms with van der Waals surface area (Å²) < 4.78 is 4.40. The normalized spacial score (nSPS) is 9.88. The minimum atomic E-state index is -0.211. The molecule has 0 radical (unpaired) electrons. The number of nitrogens with zero attached hydrogens (tertiary/aromatic N) is 2. The van der Waals surface area contributed by atoms with Gasteiger partial charge in [-0.25, -0.2) is 0 Å². The molecular weight excluding hydrogens is 204 g/mol. The van der Waals surface area contributed by atoms with Crippen LogP contribution < -0.4 is 0 Å². The molecule has 1 aromatic rings. The largest absolute Gasteiger partial charge is 0.466 e. The lowest BCUT2D eigenvalue weighted by molar-refractivity contribution is -0.140. The van der Waals surface area contributed by atoms with Crippen molar-refractivity contribution < 1.29 is 9.53 Å². The first-order chi connectivity index (χ1) is 7.77. The molecule has 0 unspecified atom stereocenters. The van der Waals surface area contributed by atoms with Crippen molar-refractivity contribution in [2.45, 2.75) is 13.8 Å². The SMILES string of the molecule is C1=CN=C1.CCOC(C)=O.c1ccncc1. The van der Waals surface area contributed by atoms with Crippen molar-refractivity contribution in [2.24, 2.45) is 4.99 Å². The molecule has 1 aliphatic rings. The Morgan fingerprint density at radius 3 is 1.81 bits per heavy atom. The Kier molecular flexibility index (Phi) is 9.74. The van der Waals surface area contributed by atoms with Crippen LogP contribution in [-0.4, -0.2) is 23.8 Å². The topological polar surface area (TPSA) is 51.5 Å². The molecule has 0 spiro atoms. The first kappa shape index (κ1) is 14.0. The molecule has 0 bridgehead atoms. The van der Waals surface area contributed by atoms with E-state index >= 15 is 0 Å². The summed E-state index contributed by atoms with van der Waals surface area (Å²) in [4.78, 5) is 17.2. The maximum atomic E-state index is 9.82. The fourth-order valence-electron chi connectivity index (χ4n) is 0.602. The highest BCUT2D eigenvalue weighted by atomic mass is 16.5. The first-order valence-corrected chi connectivity index (χ1v) is 4.94. The zero-order valence-electron chi connectivity index (χ0n) is 9.54. The molecule has 86 valence electrons. The number of rotatable bonds is 1. The molecule has 4 heteroatoms. The van der Waals surface area contributed by atoms with Crippen LogP contribution in [0.15, 0.2) is 47.9 Å². The number of pyridine rings is 1. The summed E-state index contributed by atoms with van der Waals surface area (Å²) in [6.45, 7) is 3.65. The summed E-state index contributed by atoms with van der Waals surface area (Å²) in [6.07, 6.45) is 8.89. The number of carbonyl (C=O) groups is 1. The molecule has 1 aliphatic heterocycles. The highest BCUT2D eigenvalue weighted by Crippen LogP contribution is 1.78. The monoisotopic (exact) mass is 220 g/mol. The lowest BCUT2D eigenvalue weighted by Crippen LogP contribution is -1.95. The number of aromatic nitrogens is 1. The number of aliphatic imine (C=N–C) groups is 1. The first-order valence-electron chi connectivity index (χ1n) is 4.94. The number of hydrogen-bond donors (Lipinski definition) is 0. The van der Waals surface area contributed by atoms with E-state index in [-0.39, 0.29) is 5.97 Å². The molecule has 0 saturated carbocycles. The molecule has 2 rings (SSSR count). The Morgan fingerprint density at radius 2 is 1.75 bits per heavy atom. The van der Waals surface area contributed by atoms with Crippen LogP contribution >= 0.6 is 0 Å². The zero-order chi connectivity index (χ0) is 12.1. The Morgan fingerprint density at radius 1 is 1.25 bits per heavy atom. The van der Waals surface area contributed by atoms with Crippen molar-refractivity contribution >= 4 is 12.2 Å². The lowest BCUT2D eigenvalue weighted by Gasteiger charge is -1.89. The number of carbonyl (C=O) groups excluding carboxylic acids is 1. The van der Waals surface area contributed by atoms with Gasteiger partial charge in [0.1, 0.15) is 0 Å². The summed E-state index contributed by atoms with van der Waals surface area (Å²) in [5, 5.41) is 0. The predicted octanol–water partition coefficient (Wildman–Crippen LogP) is 2.24. The van der Waals surface area contributed by atoms with Gasteiger partial charge >= 0.3 is 5.97 Å². The molecule has 0 atom stereocenters. The fourth-order valence-corrected chi connectivity index (χ4v) is 0.602. The van der Waals surface area contributed by atoms with E-state index in [0.29, 0.717) is 6.61 Å². The zero-order valence-corrected chi connectivity index (χ0v) is 9.54. The molecule has 0 amide bonds. The van der Waals surface area contributed by atoms with Crippen molar-refractivity contribution in [2.75, 3.05) is 6.61 Å². The van der Waals surface area contributed by atoms with Gasteiger partial charge in [-0.15, -0.1) is 0 Å². The lowest BCUT2D eigenvalue weighted by atomic mass is 10.5. The molecule has 16 heavy (non-hydrogen) atoms. The van der Waals surface area contributed by atoms with Crippen molar-refractivity contribution in [3.63, 3.8) is 0 Å². The molecule has 0 N–H and O–H groups in total. The van der Waals surface area contributed by atoms with Gasteiger partial charge in [-0.3, -0.25) is 14.8 Å². The third kappa shape index (κ3) is 12.0. The standard InChI is InChI=1S/C5H5N.C4H8O2.C3H3N/c1-2-4-6-5-3-1;1-3-6-4(2)5;1-2-4-3-1/h1-5H;3H2,1-2H3;1-3H. The van der Waals surface area contributed by atoms with E-state index in [1.807, 2.05) is 24.3 Å². The highest BCUT2D eigenvalue weighted by molar-refractivity contribution is 5.76. The fraction of sp³-hybridized carbons (Fsp3) is 0.250. The summed E-state index contributed by atoms with van der Waals surface area (Å²) >= 11 is 0. The second kappa shape index (κ2) is 11.1. The number of hydrogen-bond acceptors (Lipinski definition) is 4. The maximum Gasteiger partial charge on any atom is 0.302 e. The Labute approximate surface area is 95.7 Å². The molecule has 0 aliphatic carbocycles. The van der Waals surface area contributed by atoms with Crippen LogP contribution in [0.5, 0.6) is 0 Å². The van der Waals surface area contributed by atoms with Gasteiger partial charge in [0.05, 0.1) is 6.61 Å². The van der Waals surface area contributed by atoms with Gasteiger partial charge in [-0.1, -0.05) is 6.07 Å². The van der Waals surface area contributed by atoms with Crippen molar-refractivity contribution in [1.29, 1.82) is 0 Å². The minimum absolute atomic E-state index is 0.211. The van der Waals surface area contributed by atoms with Gasteiger partial charge < -0.3 is 4.74 Å². The minimum Gasteiger partial charge on any atom is -0.466 e. The van der Waals surface area contributed by atoms with E-state index in [9.17, 15) is 4.79 Å². The van der Waals surface area contributed by atoms with E-state index < -0.39 is 0 Å². The molecular formula is C12H16N2O2. The quantitative estimate of drug-likeness (QED) is 0.682. The van der Waals surface area contributed by atoms with E-state index in [2.05, 4.69) is 14.7 Å². The van der Waals surface area contributed by atoms with Crippen LogP contribution in [-0.2, 0) is 9.53 Å². The van der Waals surface area contributed by atoms with E-state index in [4.69, 9.17) is 0 Å². The Bertz CT molecular complexity index is 276. The van der Waals surface area contributed by atoms with Crippen LogP contribution in [0.25, 0.3) is 0 Å². The number of esters is 1. The van der Waals surface area contributed by atoms with Crippen molar-refractivity contribution in [3.05, 3.63) is 42.9 Å². The second-order valence-electron chi connectivity index (χ2n) is 2.59. The predicted molar refractivity (Wildman–Crippen MR) is 64.2 cm³/mol. The van der Waals surface area contributed by atoms with Crippen LogP contribution in [0.3, 0.4) is 0 Å². The van der Waals surface area contributed by atoms with E-state index in [0.717, 1.165) is 0 Å². The van der Waals surface area contributed by atoms with Crippen LogP contribution in [0.1, 0.15) is 13.8 Å². The van der Waals surface area contributed by atoms with Gasteiger partial charge in [0, 0.05) is 31.7 Å². The molecule has 2 heterocycles. The molecule has 4 nitrogen and oxygen atoms in total. The summed E-state index contributed by atoms with van der Waals surface area (Å²) in [7, 11) is 0. The van der Waals surface area contributed by atoms with Crippen molar-refractivity contribution in [3.8, 4) is 0 Å². The van der Waals surface area contributed by atoms with E-state index in [1.54, 1.807) is 31.7 Å². The Hall–Kier alpha value is -1.97. The van der Waals surface area contributed by atoms with Gasteiger partial charge in [0.25, 0.3) is 0 Å².